The summed E-state index contributed by atoms with van der Waals surface area (Å²) in [6, 6.07) is 10.7. The fourth-order valence-corrected chi connectivity index (χ4v) is 4.60. The number of amides is 1. The summed E-state index contributed by atoms with van der Waals surface area (Å²) in [7, 11) is -4.00. The first-order valence-electron chi connectivity index (χ1n) is 10.2. The number of esters is 1. The van der Waals surface area contributed by atoms with Gasteiger partial charge in [-0.3, -0.25) is 4.79 Å². The number of aryl methyl sites for hydroxylation is 2. The van der Waals surface area contributed by atoms with Crippen molar-refractivity contribution in [3.63, 3.8) is 0 Å². The van der Waals surface area contributed by atoms with Crippen LogP contribution in [0.5, 0.6) is 5.75 Å². The maximum absolute atomic E-state index is 12.6. The number of hydrogen-bond donors (Lipinski definition) is 0. The smallest absolute Gasteiger partial charge is 0.339 e. The van der Waals surface area contributed by atoms with E-state index >= 15 is 0 Å². The zero-order chi connectivity index (χ0) is 22.6. The second-order valence-electron chi connectivity index (χ2n) is 7.97. The van der Waals surface area contributed by atoms with Gasteiger partial charge >= 0.3 is 16.1 Å². The third-order valence-corrected chi connectivity index (χ3v) is 6.76. The van der Waals surface area contributed by atoms with Crippen molar-refractivity contribution in [3.05, 3.63) is 59.2 Å². The number of carbonyl (C=O) groups is 2. The van der Waals surface area contributed by atoms with Crippen LogP contribution in [0.15, 0.2) is 47.4 Å². The molecule has 0 aromatic heterocycles. The number of carbonyl (C=O) groups excluding carboxylic acids is 2. The van der Waals surface area contributed by atoms with Crippen molar-refractivity contribution >= 4 is 22.0 Å². The van der Waals surface area contributed by atoms with E-state index in [9.17, 15) is 18.0 Å². The molecule has 166 valence electrons. The number of nitrogens with zero attached hydrogens (tertiary/aromatic N) is 1. The van der Waals surface area contributed by atoms with Gasteiger partial charge in [-0.05, 0) is 74.1 Å². The molecule has 0 bridgehead atoms. The molecule has 1 aliphatic rings. The molecule has 0 radical (unpaired) electrons. The van der Waals surface area contributed by atoms with Crippen molar-refractivity contribution in [2.45, 2.75) is 38.5 Å². The van der Waals surface area contributed by atoms with Crippen molar-refractivity contribution in [1.29, 1.82) is 0 Å². The van der Waals surface area contributed by atoms with Crippen molar-refractivity contribution in [3.8, 4) is 5.75 Å². The molecule has 8 heteroatoms. The minimum Gasteiger partial charge on any atom is -0.452 e. The van der Waals surface area contributed by atoms with E-state index in [0.717, 1.165) is 18.4 Å². The molecule has 0 aliphatic carbocycles. The van der Waals surface area contributed by atoms with Gasteiger partial charge in [-0.2, -0.15) is 8.42 Å². The molecular formula is C23H27NO6S. The molecule has 3 rings (SSSR count). The monoisotopic (exact) mass is 445 g/mol. The molecule has 1 heterocycles. The number of ether oxygens (including phenoxy) is 1. The molecule has 1 aliphatic heterocycles. The molecule has 7 nitrogen and oxygen atoms in total. The van der Waals surface area contributed by atoms with Gasteiger partial charge in [0.25, 0.3) is 5.91 Å². The van der Waals surface area contributed by atoms with E-state index in [2.05, 4.69) is 6.92 Å². The Morgan fingerprint density at radius 3 is 2.32 bits per heavy atom. The van der Waals surface area contributed by atoms with E-state index in [1.54, 1.807) is 30.9 Å². The summed E-state index contributed by atoms with van der Waals surface area (Å²) in [5.41, 5.74) is 1.59. The molecule has 0 saturated carbocycles. The first-order valence-corrected chi connectivity index (χ1v) is 11.6. The summed E-state index contributed by atoms with van der Waals surface area (Å²) in [4.78, 5) is 26.2. The molecule has 0 unspecified atom stereocenters. The third kappa shape index (κ3) is 5.85. The molecule has 1 amide bonds. The minimum absolute atomic E-state index is 0.0796. The average molecular weight is 446 g/mol. The topological polar surface area (TPSA) is 90.0 Å². The van der Waals surface area contributed by atoms with Crippen molar-refractivity contribution in [1.82, 2.24) is 4.90 Å². The molecule has 1 saturated heterocycles. The van der Waals surface area contributed by atoms with Crippen LogP contribution in [0.2, 0.25) is 0 Å². The summed E-state index contributed by atoms with van der Waals surface area (Å²) < 4.78 is 35.5. The lowest BCUT2D eigenvalue weighted by molar-refractivity contribution is -0.135. The Morgan fingerprint density at radius 1 is 1.03 bits per heavy atom. The molecule has 0 N–H and O–H groups in total. The summed E-state index contributed by atoms with van der Waals surface area (Å²) in [6.07, 6.45) is 1.90. The number of benzene rings is 2. The second-order valence-corrected chi connectivity index (χ2v) is 9.48. The van der Waals surface area contributed by atoms with Gasteiger partial charge in [0.2, 0.25) is 0 Å². The van der Waals surface area contributed by atoms with Gasteiger partial charge < -0.3 is 13.8 Å². The SMILES string of the molecule is Cc1ccc(C)c(S(=O)(=O)Oc2ccc(C(=O)OCC(=O)N3CCC(C)CC3)cc2)c1. The van der Waals surface area contributed by atoms with Crippen LogP contribution in [-0.4, -0.2) is 44.9 Å². The number of likely N-dealkylation sites (tertiary alicyclic amines) is 1. The van der Waals surface area contributed by atoms with Gasteiger partial charge in [0.15, 0.2) is 6.61 Å². The van der Waals surface area contributed by atoms with Crippen LogP contribution in [0.25, 0.3) is 0 Å². The number of hydrogen-bond acceptors (Lipinski definition) is 6. The quantitative estimate of drug-likeness (QED) is 0.499. The van der Waals surface area contributed by atoms with Crippen molar-refractivity contribution in [2.24, 2.45) is 5.92 Å². The van der Waals surface area contributed by atoms with Crippen molar-refractivity contribution < 1.29 is 26.9 Å². The Morgan fingerprint density at radius 2 is 1.68 bits per heavy atom. The lowest BCUT2D eigenvalue weighted by Gasteiger charge is -2.30. The molecule has 31 heavy (non-hydrogen) atoms. The van der Waals surface area contributed by atoms with E-state index in [1.165, 1.54) is 24.3 Å². The highest BCUT2D eigenvalue weighted by Gasteiger charge is 2.22. The highest BCUT2D eigenvalue weighted by molar-refractivity contribution is 7.87. The molecule has 2 aromatic rings. The Hall–Kier alpha value is -2.87. The Kier molecular flexibility index (Phi) is 7.00. The summed E-state index contributed by atoms with van der Waals surface area (Å²) >= 11 is 0. The minimum atomic E-state index is -4.00. The largest absolute Gasteiger partial charge is 0.452 e. The number of rotatable bonds is 6. The Balaban J connectivity index is 1.58. The average Bonchev–Trinajstić information content (AvgIpc) is 2.74. The molecular weight excluding hydrogens is 418 g/mol. The summed E-state index contributed by atoms with van der Waals surface area (Å²) in [5, 5.41) is 0. The summed E-state index contributed by atoms with van der Waals surface area (Å²) in [5.74, 6) is -0.176. The Bertz CT molecular complexity index is 1050. The zero-order valence-corrected chi connectivity index (χ0v) is 18.8. The van der Waals surface area contributed by atoms with Crippen LogP contribution in [0, 0.1) is 19.8 Å². The van der Waals surface area contributed by atoms with E-state index in [-0.39, 0.29) is 28.7 Å². The maximum atomic E-state index is 12.6. The molecule has 2 aromatic carbocycles. The van der Waals surface area contributed by atoms with Crippen LogP contribution in [-0.2, 0) is 19.6 Å². The van der Waals surface area contributed by atoms with Gasteiger partial charge in [-0.25, -0.2) is 4.79 Å². The maximum Gasteiger partial charge on any atom is 0.339 e. The van der Waals surface area contributed by atoms with Crippen LogP contribution >= 0.6 is 0 Å². The fraction of sp³-hybridized carbons (Fsp3) is 0.391. The molecule has 1 fully saturated rings. The van der Waals surface area contributed by atoms with Crippen molar-refractivity contribution in [2.75, 3.05) is 19.7 Å². The van der Waals surface area contributed by atoms with Gasteiger partial charge in [-0.15, -0.1) is 0 Å². The van der Waals surface area contributed by atoms with E-state index in [1.807, 2.05) is 6.07 Å². The van der Waals surface area contributed by atoms with E-state index in [4.69, 9.17) is 8.92 Å². The Labute approximate surface area is 183 Å². The van der Waals surface area contributed by atoms with E-state index < -0.39 is 16.1 Å². The molecule has 0 atom stereocenters. The lowest BCUT2D eigenvalue weighted by Crippen LogP contribution is -2.40. The second kappa shape index (κ2) is 9.51. The van der Waals surface area contributed by atoms with Crippen LogP contribution in [0.3, 0.4) is 0 Å². The number of piperidine rings is 1. The first kappa shape index (κ1) is 22.8. The standard InChI is InChI=1S/C23H27NO6S/c1-16-10-12-24(13-11-16)22(25)15-29-23(26)19-6-8-20(9-7-19)30-31(27,28)21-14-17(2)4-5-18(21)3/h4-9,14,16H,10-13,15H2,1-3H3. The summed E-state index contributed by atoms with van der Waals surface area (Å²) in [6.45, 7) is 6.70. The van der Waals surface area contributed by atoms with Crippen LogP contribution in [0.1, 0.15) is 41.3 Å². The predicted octanol–water partition coefficient (Wildman–Crippen LogP) is 3.49. The predicted molar refractivity (Wildman–Crippen MR) is 115 cm³/mol. The van der Waals surface area contributed by atoms with Crippen LogP contribution in [0.4, 0.5) is 0 Å². The highest BCUT2D eigenvalue weighted by atomic mass is 32.2. The third-order valence-electron chi connectivity index (χ3n) is 5.37. The van der Waals surface area contributed by atoms with E-state index in [0.29, 0.717) is 24.6 Å². The normalized spacial score (nSPS) is 14.9. The lowest BCUT2D eigenvalue weighted by atomic mass is 9.99. The van der Waals surface area contributed by atoms with Crippen LogP contribution < -0.4 is 4.18 Å². The first-order chi connectivity index (χ1) is 14.7. The van der Waals surface area contributed by atoms with Gasteiger partial charge in [0.1, 0.15) is 10.6 Å². The van der Waals surface area contributed by atoms with Gasteiger partial charge in [-0.1, -0.05) is 19.1 Å². The fourth-order valence-electron chi connectivity index (χ4n) is 3.35. The zero-order valence-electron chi connectivity index (χ0n) is 18.0. The van der Waals surface area contributed by atoms with Gasteiger partial charge in [0.05, 0.1) is 5.56 Å². The molecule has 0 spiro atoms. The van der Waals surface area contributed by atoms with Gasteiger partial charge in [0, 0.05) is 13.1 Å². The highest BCUT2D eigenvalue weighted by Crippen LogP contribution is 2.23.